The van der Waals surface area contributed by atoms with Gasteiger partial charge in [-0.3, -0.25) is 4.79 Å². The highest BCUT2D eigenvalue weighted by Crippen LogP contribution is 2.32. The van der Waals surface area contributed by atoms with Crippen LogP contribution in [0.4, 0.5) is 5.69 Å². The number of nitrogens with one attached hydrogen (secondary N) is 2. The number of carbonyl (C=O) groups excluding carboxylic acids is 1. The number of H-pyrrole nitrogens is 1. The number of anilines is 1. The first-order chi connectivity index (χ1) is 11.8. The molecule has 0 spiro atoms. The smallest absolute Gasteiger partial charge is 0.224 e. The molecule has 1 aliphatic heterocycles. The number of aryl methyl sites for hydroxylation is 1. The lowest BCUT2D eigenvalue weighted by Crippen LogP contribution is -2.16. The van der Waals surface area contributed by atoms with Gasteiger partial charge in [0.15, 0.2) is 11.5 Å². The molecular weight excluding hydrogens is 304 g/mol. The largest absolute Gasteiger partial charge is 0.486 e. The molecule has 1 aliphatic rings. The quantitative estimate of drug-likeness (QED) is 0.772. The van der Waals surface area contributed by atoms with Crippen LogP contribution >= 0.6 is 0 Å². The van der Waals surface area contributed by atoms with Gasteiger partial charge in [0, 0.05) is 35.3 Å². The third-order valence-electron chi connectivity index (χ3n) is 4.13. The van der Waals surface area contributed by atoms with Crippen LogP contribution in [0.5, 0.6) is 11.5 Å². The maximum atomic E-state index is 12.2. The van der Waals surface area contributed by atoms with Crippen molar-refractivity contribution in [3.8, 4) is 11.5 Å². The van der Waals surface area contributed by atoms with E-state index >= 15 is 0 Å². The molecule has 0 unspecified atom stereocenters. The molecule has 122 valence electrons. The van der Waals surface area contributed by atoms with Crippen molar-refractivity contribution in [2.24, 2.45) is 0 Å². The summed E-state index contributed by atoms with van der Waals surface area (Å²) in [6, 6.07) is 13.6. The average Bonchev–Trinajstić information content (AvgIpc) is 3.09. The van der Waals surface area contributed by atoms with E-state index in [0.29, 0.717) is 31.8 Å². The van der Waals surface area contributed by atoms with Gasteiger partial charge in [-0.15, -0.1) is 0 Å². The zero-order valence-electron chi connectivity index (χ0n) is 13.2. The Kier molecular flexibility index (Phi) is 3.83. The number of rotatable bonds is 4. The minimum atomic E-state index is -0.0146. The number of aromatic nitrogens is 1. The summed E-state index contributed by atoms with van der Waals surface area (Å²) < 4.78 is 11.0. The Morgan fingerprint density at radius 1 is 1.08 bits per heavy atom. The van der Waals surface area contributed by atoms with Crippen LogP contribution in [0.3, 0.4) is 0 Å². The van der Waals surface area contributed by atoms with E-state index in [9.17, 15) is 4.79 Å². The fourth-order valence-corrected chi connectivity index (χ4v) is 2.96. The molecule has 24 heavy (non-hydrogen) atoms. The topological polar surface area (TPSA) is 63.4 Å². The third kappa shape index (κ3) is 2.93. The van der Waals surface area contributed by atoms with Gasteiger partial charge in [-0.2, -0.15) is 0 Å². The summed E-state index contributed by atoms with van der Waals surface area (Å²) in [4.78, 5) is 15.4. The number of benzene rings is 2. The monoisotopic (exact) mass is 322 g/mol. The van der Waals surface area contributed by atoms with E-state index in [4.69, 9.17) is 9.47 Å². The predicted octanol–water partition coefficient (Wildman–Crippen LogP) is 3.51. The van der Waals surface area contributed by atoms with Crippen molar-refractivity contribution >= 4 is 22.5 Å². The fourth-order valence-electron chi connectivity index (χ4n) is 2.96. The molecule has 0 radical (unpaired) electrons. The number of amides is 1. The predicted molar refractivity (Wildman–Crippen MR) is 92.7 cm³/mol. The fraction of sp³-hybridized carbons (Fsp3) is 0.211. The van der Waals surface area contributed by atoms with Gasteiger partial charge in [-0.25, -0.2) is 0 Å². The molecule has 2 heterocycles. The van der Waals surface area contributed by atoms with Crippen LogP contribution in [-0.4, -0.2) is 24.1 Å². The first kappa shape index (κ1) is 14.6. The zero-order valence-corrected chi connectivity index (χ0v) is 13.2. The van der Waals surface area contributed by atoms with Gasteiger partial charge in [0.05, 0.1) is 0 Å². The molecule has 1 amide bonds. The van der Waals surface area contributed by atoms with Crippen LogP contribution < -0.4 is 14.8 Å². The maximum Gasteiger partial charge on any atom is 0.224 e. The zero-order chi connectivity index (χ0) is 16.4. The summed E-state index contributed by atoms with van der Waals surface area (Å²) in [6.45, 7) is 1.09. The summed E-state index contributed by atoms with van der Waals surface area (Å²) in [6.07, 6.45) is 3.05. The number of hydrogen-bond donors (Lipinski definition) is 2. The van der Waals surface area contributed by atoms with Crippen LogP contribution in [0.2, 0.25) is 0 Å². The first-order valence-corrected chi connectivity index (χ1v) is 8.04. The lowest BCUT2D eigenvalue weighted by molar-refractivity contribution is -0.116. The van der Waals surface area contributed by atoms with Gasteiger partial charge in [0.1, 0.15) is 13.2 Å². The molecule has 0 aliphatic carbocycles. The van der Waals surface area contributed by atoms with E-state index in [1.807, 2.05) is 36.5 Å². The van der Waals surface area contributed by atoms with Crippen LogP contribution in [-0.2, 0) is 11.2 Å². The van der Waals surface area contributed by atoms with Crippen molar-refractivity contribution < 1.29 is 14.3 Å². The number of ether oxygens (including phenoxy) is 2. The van der Waals surface area contributed by atoms with Gasteiger partial charge >= 0.3 is 0 Å². The van der Waals surface area contributed by atoms with Gasteiger partial charge in [0.2, 0.25) is 5.91 Å². The van der Waals surface area contributed by atoms with Crippen molar-refractivity contribution in [1.29, 1.82) is 0 Å². The number of carbonyl (C=O) groups is 1. The van der Waals surface area contributed by atoms with Crippen LogP contribution in [0, 0.1) is 0 Å². The average molecular weight is 322 g/mol. The Labute approximate surface area is 139 Å². The van der Waals surface area contributed by atoms with E-state index in [2.05, 4.69) is 16.4 Å². The molecule has 2 N–H and O–H groups in total. The van der Waals surface area contributed by atoms with Crippen molar-refractivity contribution in [1.82, 2.24) is 4.98 Å². The minimum absolute atomic E-state index is 0.0146. The molecule has 1 aromatic heterocycles. The highest BCUT2D eigenvalue weighted by molar-refractivity contribution is 5.92. The highest BCUT2D eigenvalue weighted by atomic mass is 16.6. The normalized spacial score (nSPS) is 13.0. The number of fused-ring (bicyclic) bond motifs is 2. The highest BCUT2D eigenvalue weighted by Gasteiger charge is 2.13. The number of hydrogen-bond acceptors (Lipinski definition) is 3. The van der Waals surface area contributed by atoms with Gasteiger partial charge in [0.25, 0.3) is 0 Å². The Morgan fingerprint density at radius 3 is 2.88 bits per heavy atom. The third-order valence-corrected chi connectivity index (χ3v) is 4.13. The minimum Gasteiger partial charge on any atom is -0.486 e. The second-order valence-electron chi connectivity index (χ2n) is 5.76. The summed E-state index contributed by atoms with van der Waals surface area (Å²) >= 11 is 0. The van der Waals surface area contributed by atoms with Crippen LogP contribution in [0.1, 0.15) is 12.0 Å². The molecule has 5 nitrogen and oxygen atoms in total. The second-order valence-corrected chi connectivity index (χ2v) is 5.76. The van der Waals surface area contributed by atoms with Gasteiger partial charge in [-0.1, -0.05) is 12.1 Å². The van der Waals surface area contributed by atoms with Crippen molar-refractivity contribution in [2.75, 3.05) is 18.5 Å². The SMILES string of the molecule is O=C(CCc1cccc2[nH]ccc12)Nc1ccc2c(c1)OCCO2. The Bertz CT molecular complexity index is 885. The Hall–Kier alpha value is -2.95. The maximum absolute atomic E-state index is 12.2. The van der Waals surface area contributed by atoms with Crippen molar-refractivity contribution in [3.63, 3.8) is 0 Å². The second kappa shape index (κ2) is 6.28. The summed E-state index contributed by atoms with van der Waals surface area (Å²) in [5.74, 6) is 1.38. The number of aromatic amines is 1. The van der Waals surface area contributed by atoms with E-state index in [-0.39, 0.29) is 5.91 Å². The Morgan fingerprint density at radius 2 is 1.96 bits per heavy atom. The molecule has 4 rings (SSSR count). The molecule has 0 atom stereocenters. The Balaban J connectivity index is 1.41. The van der Waals surface area contributed by atoms with E-state index in [1.54, 1.807) is 6.07 Å². The molecule has 0 bridgehead atoms. The van der Waals surface area contributed by atoms with E-state index in [0.717, 1.165) is 17.0 Å². The van der Waals surface area contributed by atoms with E-state index in [1.165, 1.54) is 10.9 Å². The molecule has 5 heteroatoms. The summed E-state index contributed by atoms with van der Waals surface area (Å²) in [5, 5.41) is 4.09. The van der Waals surface area contributed by atoms with Crippen molar-refractivity contribution in [3.05, 3.63) is 54.2 Å². The van der Waals surface area contributed by atoms with E-state index < -0.39 is 0 Å². The lowest BCUT2D eigenvalue weighted by atomic mass is 10.1. The molecule has 3 aromatic rings. The molecule has 2 aromatic carbocycles. The molecule has 0 saturated carbocycles. The van der Waals surface area contributed by atoms with Gasteiger partial charge < -0.3 is 19.8 Å². The molecular formula is C19H18N2O3. The molecule has 0 saturated heterocycles. The van der Waals surface area contributed by atoms with Crippen molar-refractivity contribution in [2.45, 2.75) is 12.8 Å². The summed E-state index contributed by atoms with van der Waals surface area (Å²) in [5.41, 5.74) is 3.00. The van der Waals surface area contributed by atoms with Crippen LogP contribution in [0.25, 0.3) is 10.9 Å². The summed E-state index contributed by atoms with van der Waals surface area (Å²) in [7, 11) is 0. The van der Waals surface area contributed by atoms with Crippen LogP contribution in [0.15, 0.2) is 48.7 Å². The molecule has 0 fully saturated rings. The first-order valence-electron chi connectivity index (χ1n) is 8.04. The van der Waals surface area contributed by atoms with Gasteiger partial charge in [-0.05, 0) is 36.2 Å². The standard InChI is InChI=1S/C19H18N2O3/c22-19(7-4-13-2-1-3-16-15(13)8-9-20-16)21-14-5-6-17-18(12-14)24-11-10-23-17/h1-3,5-6,8-9,12,20H,4,7,10-11H2,(H,21,22). The lowest BCUT2D eigenvalue weighted by Gasteiger charge is -2.19.